The molecule has 5 nitrogen and oxygen atoms in total. The Bertz CT molecular complexity index is 635. The van der Waals surface area contributed by atoms with E-state index in [1.165, 1.54) is 0 Å². The van der Waals surface area contributed by atoms with Gasteiger partial charge in [-0.05, 0) is 38.0 Å². The third-order valence-corrected chi connectivity index (χ3v) is 5.90. The maximum Gasteiger partial charge on any atom is 0.411 e. The van der Waals surface area contributed by atoms with Gasteiger partial charge in [0.25, 0.3) is 0 Å². The highest BCUT2D eigenvalue weighted by Crippen LogP contribution is 2.41. The Balaban J connectivity index is 1.65. The van der Waals surface area contributed by atoms with Gasteiger partial charge in [-0.15, -0.1) is 0 Å². The van der Waals surface area contributed by atoms with Crippen molar-refractivity contribution in [3.05, 3.63) is 0 Å². The Hall–Kier alpha value is -1.20. The molecule has 0 aromatic rings. The summed E-state index contributed by atoms with van der Waals surface area (Å²) < 4.78 is 85.9. The first-order chi connectivity index (χ1) is 13.5. The van der Waals surface area contributed by atoms with Gasteiger partial charge in [-0.3, -0.25) is 9.79 Å². The van der Waals surface area contributed by atoms with Crippen molar-refractivity contribution in [2.24, 2.45) is 22.7 Å². The van der Waals surface area contributed by atoms with Gasteiger partial charge in [0.05, 0.1) is 19.3 Å². The first kappa shape index (κ1) is 22.5. The van der Waals surface area contributed by atoms with Crippen molar-refractivity contribution in [3.8, 4) is 0 Å². The Morgan fingerprint density at radius 2 is 1.79 bits per heavy atom. The van der Waals surface area contributed by atoms with Gasteiger partial charge >= 0.3 is 12.4 Å². The topological polar surface area (TPSA) is 68.1 Å². The number of aliphatic imine (C=N–C) groups is 1. The SMILES string of the molecule is O=C1C2CCC(C2)C(O)C1OCC1CCC(C(F)(F)F)N=C1COCC(F)(F)F. The van der Waals surface area contributed by atoms with Gasteiger partial charge in [-0.25, -0.2) is 0 Å². The van der Waals surface area contributed by atoms with Crippen LogP contribution in [0.5, 0.6) is 0 Å². The Morgan fingerprint density at radius 1 is 1.07 bits per heavy atom. The normalized spacial score (nSPS) is 35.7. The highest BCUT2D eigenvalue weighted by molar-refractivity contribution is 5.89. The van der Waals surface area contributed by atoms with Crippen LogP contribution in [0.2, 0.25) is 0 Å². The number of hydrogen-bond acceptors (Lipinski definition) is 5. The van der Waals surface area contributed by atoms with Crippen molar-refractivity contribution in [1.82, 2.24) is 0 Å². The van der Waals surface area contributed by atoms with Crippen LogP contribution in [0.4, 0.5) is 26.3 Å². The Kier molecular flexibility index (Phi) is 6.59. The molecule has 11 heteroatoms. The molecule has 0 amide bonds. The quantitative estimate of drug-likeness (QED) is 0.657. The molecule has 2 bridgehead atoms. The van der Waals surface area contributed by atoms with Crippen LogP contribution in [0.1, 0.15) is 32.1 Å². The maximum absolute atomic E-state index is 13.0. The van der Waals surface area contributed by atoms with Crippen molar-refractivity contribution >= 4 is 11.5 Å². The average Bonchev–Trinajstić information content (AvgIpc) is 3.06. The van der Waals surface area contributed by atoms with Crippen molar-refractivity contribution in [3.63, 3.8) is 0 Å². The number of fused-ring (bicyclic) bond motifs is 2. The zero-order valence-electron chi connectivity index (χ0n) is 15.5. The van der Waals surface area contributed by atoms with Crippen LogP contribution in [0.25, 0.3) is 0 Å². The van der Waals surface area contributed by atoms with Gasteiger partial charge in [-0.2, -0.15) is 26.3 Å². The van der Waals surface area contributed by atoms with Crippen LogP contribution < -0.4 is 0 Å². The zero-order chi connectivity index (χ0) is 21.4. The molecule has 3 rings (SSSR count). The van der Waals surface area contributed by atoms with Crippen LogP contribution in [0.15, 0.2) is 4.99 Å². The molecule has 1 N–H and O–H groups in total. The van der Waals surface area contributed by atoms with E-state index >= 15 is 0 Å². The number of carbonyl (C=O) groups excluding carboxylic acids is 1. The summed E-state index contributed by atoms with van der Waals surface area (Å²) in [5.74, 6) is -1.16. The van der Waals surface area contributed by atoms with Gasteiger partial charge in [0.1, 0.15) is 18.8 Å². The molecule has 1 heterocycles. The van der Waals surface area contributed by atoms with E-state index in [-0.39, 0.29) is 42.8 Å². The summed E-state index contributed by atoms with van der Waals surface area (Å²) in [6.07, 6.45) is -9.59. The van der Waals surface area contributed by atoms with E-state index in [1.807, 2.05) is 0 Å². The average molecular weight is 431 g/mol. The minimum atomic E-state index is -4.61. The van der Waals surface area contributed by atoms with Gasteiger partial charge in [0.2, 0.25) is 0 Å². The molecule has 1 aliphatic heterocycles. The number of Topliss-reactive ketones (excluding diaryl/α,β-unsaturated/α-hetero) is 1. The summed E-state index contributed by atoms with van der Waals surface area (Å²) in [4.78, 5) is 16.0. The molecule has 29 heavy (non-hydrogen) atoms. The monoisotopic (exact) mass is 431 g/mol. The minimum Gasteiger partial charge on any atom is -0.390 e. The largest absolute Gasteiger partial charge is 0.411 e. The summed E-state index contributed by atoms with van der Waals surface area (Å²) >= 11 is 0. The fourth-order valence-electron chi connectivity index (χ4n) is 4.37. The van der Waals surface area contributed by atoms with Crippen LogP contribution in [0, 0.1) is 17.8 Å². The van der Waals surface area contributed by atoms with E-state index in [0.717, 1.165) is 0 Å². The molecule has 2 saturated carbocycles. The minimum absolute atomic E-state index is 0.0117. The molecule has 0 spiro atoms. The predicted octanol–water partition coefficient (Wildman–Crippen LogP) is 3.09. The summed E-state index contributed by atoms with van der Waals surface area (Å²) in [6, 6.07) is -2.00. The molecule has 2 fully saturated rings. The van der Waals surface area contributed by atoms with Crippen LogP contribution in [-0.2, 0) is 14.3 Å². The van der Waals surface area contributed by atoms with Crippen molar-refractivity contribution in [1.29, 1.82) is 0 Å². The van der Waals surface area contributed by atoms with Gasteiger partial charge in [0.15, 0.2) is 5.78 Å². The molecule has 2 aliphatic carbocycles. The summed E-state index contributed by atoms with van der Waals surface area (Å²) in [6.45, 7) is -2.50. The molecular formula is C18H23F6NO4. The lowest BCUT2D eigenvalue weighted by Crippen LogP contribution is -2.47. The summed E-state index contributed by atoms with van der Waals surface area (Å²) in [5.41, 5.74) is -0.163. The molecule has 6 unspecified atom stereocenters. The number of halogens is 6. The van der Waals surface area contributed by atoms with E-state index in [0.29, 0.717) is 19.3 Å². The van der Waals surface area contributed by atoms with E-state index in [1.54, 1.807) is 0 Å². The number of alkyl halides is 6. The maximum atomic E-state index is 13.0. The summed E-state index contributed by atoms with van der Waals surface area (Å²) in [7, 11) is 0. The smallest absolute Gasteiger partial charge is 0.390 e. The standard InChI is InChI=1S/C18H23F6NO4/c19-17(20,21)8-28-7-12-11(3-4-13(25-12)18(22,23)24)6-29-16-14(26)9-1-2-10(5-9)15(16)27/h9-11,13-14,16,26H,1-8H2. The molecule has 3 aliphatic rings. The molecule has 6 atom stereocenters. The van der Waals surface area contributed by atoms with Crippen molar-refractivity contribution in [2.75, 3.05) is 19.8 Å². The van der Waals surface area contributed by atoms with Crippen LogP contribution in [-0.4, -0.2) is 67.0 Å². The molecule has 0 saturated heterocycles. The molecule has 0 aromatic carbocycles. The zero-order valence-corrected chi connectivity index (χ0v) is 15.5. The lowest BCUT2D eigenvalue weighted by Gasteiger charge is -2.34. The number of hydrogen-bond donors (Lipinski definition) is 1. The predicted molar refractivity (Wildman–Crippen MR) is 88.5 cm³/mol. The fourth-order valence-corrected chi connectivity index (χ4v) is 4.37. The molecule has 0 radical (unpaired) electrons. The number of ketones is 1. The number of nitrogens with zero attached hydrogens (tertiary/aromatic N) is 1. The second-order valence-electron chi connectivity index (χ2n) is 7.98. The lowest BCUT2D eigenvalue weighted by atomic mass is 9.83. The number of aliphatic hydroxyl groups is 1. The second-order valence-corrected chi connectivity index (χ2v) is 7.98. The van der Waals surface area contributed by atoms with E-state index < -0.39 is 49.7 Å². The first-order valence-electron chi connectivity index (χ1n) is 9.57. The van der Waals surface area contributed by atoms with E-state index in [4.69, 9.17) is 4.74 Å². The Morgan fingerprint density at radius 3 is 2.45 bits per heavy atom. The van der Waals surface area contributed by atoms with E-state index in [2.05, 4.69) is 9.73 Å². The van der Waals surface area contributed by atoms with Crippen LogP contribution >= 0.6 is 0 Å². The van der Waals surface area contributed by atoms with Gasteiger partial charge in [0, 0.05) is 17.5 Å². The number of rotatable bonds is 6. The van der Waals surface area contributed by atoms with Gasteiger partial charge in [-0.1, -0.05) is 0 Å². The lowest BCUT2D eigenvalue weighted by molar-refractivity contribution is -0.171. The number of ether oxygens (including phenoxy) is 2. The third kappa shape index (κ3) is 5.49. The van der Waals surface area contributed by atoms with E-state index in [9.17, 15) is 36.2 Å². The second kappa shape index (κ2) is 8.50. The highest BCUT2D eigenvalue weighted by Gasteiger charge is 2.48. The molecule has 166 valence electrons. The van der Waals surface area contributed by atoms with Crippen molar-refractivity contribution in [2.45, 2.75) is 62.7 Å². The van der Waals surface area contributed by atoms with Crippen LogP contribution in [0.3, 0.4) is 0 Å². The van der Waals surface area contributed by atoms with Crippen molar-refractivity contribution < 1.29 is 45.7 Å². The molecular weight excluding hydrogens is 408 g/mol. The number of aliphatic hydroxyl groups excluding tert-OH is 1. The third-order valence-electron chi connectivity index (χ3n) is 5.90. The number of carbonyl (C=O) groups is 1. The first-order valence-corrected chi connectivity index (χ1v) is 9.57. The molecule has 0 aromatic heterocycles. The highest BCUT2D eigenvalue weighted by atomic mass is 19.4. The van der Waals surface area contributed by atoms with Gasteiger partial charge < -0.3 is 14.6 Å². The fraction of sp³-hybridized carbons (Fsp3) is 0.889. The summed E-state index contributed by atoms with van der Waals surface area (Å²) in [5, 5.41) is 10.3. The Labute approximate surface area is 163 Å².